The lowest BCUT2D eigenvalue weighted by atomic mass is 9.69. The van der Waals surface area contributed by atoms with Crippen LogP contribution in [0.4, 0.5) is 0 Å². The molecule has 1 aromatic heterocycles. The molecule has 1 amide bonds. The second-order valence-electron chi connectivity index (χ2n) is 7.29. The summed E-state index contributed by atoms with van der Waals surface area (Å²) in [6, 6.07) is 2.19. The van der Waals surface area contributed by atoms with E-state index >= 15 is 0 Å². The van der Waals surface area contributed by atoms with Crippen molar-refractivity contribution in [2.45, 2.75) is 46.1 Å². The largest absolute Gasteiger partial charge is 0.347 e. The second-order valence-corrected chi connectivity index (χ2v) is 8.21. The van der Waals surface area contributed by atoms with Crippen LogP contribution in [-0.2, 0) is 7.05 Å². The van der Waals surface area contributed by atoms with Gasteiger partial charge in [-0.1, -0.05) is 20.8 Å². The maximum Gasteiger partial charge on any atom is 0.268 e. The number of carbonyl (C=O) groups excluding carboxylic acids is 1. The predicted octanol–water partition coefficient (Wildman–Crippen LogP) is 3.73. The molecule has 1 heterocycles. The highest BCUT2D eigenvalue weighted by Gasteiger charge is 2.61. The third-order valence-corrected chi connectivity index (χ3v) is 6.74. The first-order valence-corrected chi connectivity index (χ1v) is 8.18. The van der Waals surface area contributed by atoms with Gasteiger partial charge in [-0.25, -0.2) is 0 Å². The van der Waals surface area contributed by atoms with E-state index in [1.54, 1.807) is 0 Å². The van der Waals surface area contributed by atoms with Crippen LogP contribution in [0.25, 0.3) is 0 Å². The van der Waals surface area contributed by atoms with Gasteiger partial charge in [-0.3, -0.25) is 4.79 Å². The third-order valence-electron chi connectivity index (χ3n) is 6.30. The molecule has 0 saturated heterocycles. The van der Waals surface area contributed by atoms with Gasteiger partial charge in [-0.2, -0.15) is 0 Å². The molecule has 4 heteroatoms. The Kier molecular flexibility index (Phi) is 3.09. The minimum atomic E-state index is 0.0489. The molecule has 3 unspecified atom stereocenters. The summed E-state index contributed by atoms with van der Waals surface area (Å²) in [6.07, 6.45) is 5.58. The number of aryl methyl sites for hydroxylation is 1. The molecule has 0 aliphatic heterocycles. The number of fused-ring (bicyclic) bond motifs is 2. The van der Waals surface area contributed by atoms with Gasteiger partial charge < -0.3 is 9.88 Å². The van der Waals surface area contributed by atoms with E-state index in [2.05, 4.69) is 42.0 Å². The van der Waals surface area contributed by atoms with Crippen molar-refractivity contribution in [3.63, 3.8) is 0 Å². The van der Waals surface area contributed by atoms with Crippen molar-refractivity contribution in [1.82, 2.24) is 9.88 Å². The molecule has 1 aromatic rings. The van der Waals surface area contributed by atoms with Gasteiger partial charge in [0.05, 0.1) is 0 Å². The second kappa shape index (κ2) is 4.36. The zero-order valence-corrected chi connectivity index (χ0v) is 14.3. The molecule has 2 bridgehead atoms. The summed E-state index contributed by atoms with van der Waals surface area (Å²) in [4.78, 5) is 12.5. The first kappa shape index (κ1) is 14.2. The van der Waals surface area contributed by atoms with Crippen molar-refractivity contribution in [3.8, 4) is 0 Å². The summed E-state index contributed by atoms with van der Waals surface area (Å²) in [5.41, 5.74) is 1.29. The van der Waals surface area contributed by atoms with Crippen LogP contribution >= 0.6 is 15.9 Å². The van der Waals surface area contributed by atoms with Crippen LogP contribution < -0.4 is 5.32 Å². The van der Waals surface area contributed by atoms with Gasteiger partial charge in [0.15, 0.2) is 0 Å². The van der Waals surface area contributed by atoms with Crippen LogP contribution in [0.5, 0.6) is 0 Å². The van der Waals surface area contributed by atoms with Gasteiger partial charge in [0, 0.05) is 23.8 Å². The topological polar surface area (TPSA) is 34.0 Å². The van der Waals surface area contributed by atoms with Crippen LogP contribution in [0.15, 0.2) is 16.7 Å². The predicted molar refractivity (Wildman–Crippen MR) is 83.6 cm³/mol. The van der Waals surface area contributed by atoms with E-state index in [0.29, 0.717) is 11.5 Å². The molecular formula is C16H23BrN2O. The molecule has 0 spiro atoms. The van der Waals surface area contributed by atoms with Crippen molar-refractivity contribution in [2.75, 3.05) is 0 Å². The first-order valence-electron chi connectivity index (χ1n) is 7.38. The zero-order chi connectivity index (χ0) is 14.7. The van der Waals surface area contributed by atoms with Gasteiger partial charge in [0.1, 0.15) is 5.69 Å². The van der Waals surface area contributed by atoms with E-state index in [4.69, 9.17) is 0 Å². The molecule has 3 nitrogen and oxygen atoms in total. The molecule has 0 aromatic carbocycles. The fourth-order valence-electron chi connectivity index (χ4n) is 4.40. The molecule has 3 atom stereocenters. The number of halogens is 1. The monoisotopic (exact) mass is 338 g/mol. The quantitative estimate of drug-likeness (QED) is 0.875. The van der Waals surface area contributed by atoms with E-state index in [1.165, 1.54) is 12.8 Å². The standard InChI is InChI=1S/C16H23BrN2O/c1-15(2)10-5-6-16(15,3)13(7-10)18-14(20)12-8-11(17)9-19(12)4/h8-10,13H,5-7H2,1-4H3,(H,18,20). The molecule has 2 aliphatic carbocycles. The number of carbonyl (C=O) groups is 1. The summed E-state index contributed by atoms with van der Waals surface area (Å²) in [5, 5.41) is 3.30. The minimum Gasteiger partial charge on any atom is -0.347 e. The summed E-state index contributed by atoms with van der Waals surface area (Å²) in [7, 11) is 1.91. The normalized spacial score (nSPS) is 34.5. The number of nitrogens with zero attached hydrogens (tertiary/aromatic N) is 1. The zero-order valence-electron chi connectivity index (χ0n) is 12.7. The Morgan fingerprint density at radius 2 is 2.15 bits per heavy atom. The lowest BCUT2D eigenvalue weighted by Crippen LogP contribution is -2.47. The molecule has 2 saturated carbocycles. The molecular weight excluding hydrogens is 316 g/mol. The van der Waals surface area contributed by atoms with Crippen molar-refractivity contribution >= 4 is 21.8 Å². The summed E-state index contributed by atoms with van der Waals surface area (Å²) < 4.78 is 2.82. The number of hydrogen-bond acceptors (Lipinski definition) is 1. The molecule has 3 rings (SSSR count). The Labute approximate surface area is 129 Å². The highest BCUT2D eigenvalue weighted by atomic mass is 79.9. The number of amides is 1. The fraction of sp³-hybridized carbons (Fsp3) is 0.688. The number of rotatable bonds is 2. The minimum absolute atomic E-state index is 0.0489. The maximum absolute atomic E-state index is 12.5. The molecule has 2 aliphatic rings. The molecule has 110 valence electrons. The SMILES string of the molecule is Cn1cc(Br)cc1C(=O)NC1CC2CCC1(C)C2(C)C. The van der Waals surface area contributed by atoms with Crippen LogP contribution in [0, 0.1) is 16.7 Å². The van der Waals surface area contributed by atoms with Crippen molar-refractivity contribution in [2.24, 2.45) is 23.8 Å². The highest BCUT2D eigenvalue weighted by molar-refractivity contribution is 9.10. The van der Waals surface area contributed by atoms with Gasteiger partial charge >= 0.3 is 0 Å². The van der Waals surface area contributed by atoms with E-state index in [0.717, 1.165) is 22.5 Å². The van der Waals surface area contributed by atoms with Crippen molar-refractivity contribution < 1.29 is 4.79 Å². The lowest BCUT2D eigenvalue weighted by molar-refractivity contribution is 0.0818. The van der Waals surface area contributed by atoms with Crippen LogP contribution in [0.1, 0.15) is 50.5 Å². The number of hydrogen-bond donors (Lipinski definition) is 1. The molecule has 20 heavy (non-hydrogen) atoms. The maximum atomic E-state index is 12.5. The van der Waals surface area contributed by atoms with Gasteiger partial charge in [-0.05, 0) is 58.0 Å². The van der Waals surface area contributed by atoms with Gasteiger partial charge in [0.25, 0.3) is 5.91 Å². The lowest BCUT2D eigenvalue weighted by Gasteiger charge is -2.39. The number of nitrogens with one attached hydrogen (secondary N) is 1. The Bertz CT molecular complexity index is 563. The van der Waals surface area contributed by atoms with E-state index in [1.807, 2.05) is 23.9 Å². The number of aromatic nitrogens is 1. The highest BCUT2D eigenvalue weighted by Crippen LogP contribution is 2.65. The van der Waals surface area contributed by atoms with E-state index in [9.17, 15) is 4.79 Å². The molecule has 1 N–H and O–H groups in total. The molecule has 0 radical (unpaired) electrons. The first-order chi connectivity index (χ1) is 9.25. The van der Waals surface area contributed by atoms with Crippen LogP contribution in [-0.4, -0.2) is 16.5 Å². The average Bonchev–Trinajstić information content (AvgIpc) is 2.86. The Morgan fingerprint density at radius 1 is 1.45 bits per heavy atom. The Hall–Kier alpha value is -0.770. The van der Waals surface area contributed by atoms with Gasteiger partial charge in [-0.15, -0.1) is 0 Å². The van der Waals surface area contributed by atoms with Crippen LogP contribution in [0.3, 0.4) is 0 Å². The fourth-order valence-corrected chi connectivity index (χ4v) is 4.93. The summed E-state index contributed by atoms with van der Waals surface area (Å²) in [5.74, 6) is 0.797. The average molecular weight is 339 g/mol. The van der Waals surface area contributed by atoms with Crippen molar-refractivity contribution in [1.29, 1.82) is 0 Å². The van der Waals surface area contributed by atoms with Gasteiger partial charge in [0.2, 0.25) is 0 Å². The van der Waals surface area contributed by atoms with Crippen LogP contribution in [0.2, 0.25) is 0 Å². The summed E-state index contributed by atoms with van der Waals surface area (Å²) in [6.45, 7) is 7.09. The smallest absolute Gasteiger partial charge is 0.268 e. The van der Waals surface area contributed by atoms with E-state index in [-0.39, 0.29) is 11.3 Å². The van der Waals surface area contributed by atoms with E-state index < -0.39 is 0 Å². The Balaban J connectivity index is 1.80. The molecule has 2 fully saturated rings. The third kappa shape index (κ3) is 1.80. The Morgan fingerprint density at radius 3 is 2.60 bits per heavy atom. The summed E-state index contributed by atoms with van der Waals surface area (Å²) >= 11 is 3.42. The van der Waals surface area contributed by atoms with Crippen molar-refractivity contribution in [3.05, 3.63) is 22.4 Å².